The van der Waals surface area contributed by atoms with E-state index in [0.717, 1.165) is 12.8 Å². The van der Waals surface area contributed by atoms with Crippen LogP contribution < -0.4 is 11.1 Å². The van der Waals surface area contributed by atoms with E-state index in [9.17, 15) is 9.59 Å². The molecule has 116 valence electrons. The molecule has 0 radical (unpaired) electrons. The zero-order chi connectivity index (χ0) is 14.0. The SMILES string of the molecule is CC(C)(N)CNC(=O)C1CC(=O)N(C2CCCC2)C1.Cl. The van der Waals surface area contributed by atoms with Crippen LogP contribution in [0.15, 0.2) is 0 Å². The predicted molar refractivity (Wildman–Crippen MR) is 80.6 cm³/mol. The Labute approximate surface area is 127 Å². The highest BCUT2D eigenvalue weighted by Gasteiger charge is 2.38. The van der Waals surface area contributed by atoms with Crippen LogP contribution in [0.5, 0.6) is 0 Å². The molecule has 0 aromatic rings. The second-order valence-corrected chi connectivity index (χ2v) is 6.59. The van der Waals surface area contributed by atoms with Crippen LogP contribution in [0.1, 0.15) is 46.0 Å². The molecule has 3 N–H and O–H groups in total. The van der Waals surface area contributed by atoms with Gasteiger partial charge in [-0.25, -0.2) is 0 Å². The van der Waals surface area contributed by atoms with Gasteiger partial charge in [0.05, 0.1) is 5.92 Å². The molecule has 0 aromatic carbocycles. The number of likely N-dealkylation sites (tertiary alicyclic amines) is 1. The summed E-state index contributed by atoms with van der Waals surface area (Å²) in [6.07, 6.45) is 4.94. The lowest BCUT2D eigenvalue weighted by Crippen LogP contribution is -2.47. The van der Waals surface area contributed by atoms with Gasteiger partial charge in [-0.05, 0) is 26.7 Å². The third-order valence-electron chi connectivity index (χ3n) is 4.01. The molecule has 20 heavy (non-hydrogen) atoms. The highest BCUT2D eigenvalue weighted by atomic mass is 35.5. The summed E-state index contributed by atoms with van der Waals surface area (Å²) >= 11 is 0. The molecule has 2 amide bonds. The van der Waals surface area contributed by atoms with Crippen molar-refractivity contribution in [2.75, 3.05) is 13.1 Å². The van der Waals surface area contributed by atoms with E-state index in [0.29, 0.717) is 25.6 Å². The Morgan fingerprint density at radius 2 is 2.00 bits per heavy atom. The predicted octanol–water partition coefficient (Wildman–Crippen LogP) is 1.05. The van der Waals surface area contributed by atoms with E-state index in [4.69, 9.17) is 5.73 Å². The summed E-state index contributed by atoms with van der Waals surface area (Å²) < 4.78 is 0. The number of nitrogens with one attached hydrogen (secondary N) is 1. The molecule has 1 unspecified atom stereocenters. The zero-order valence-electron chi connectivity index (χ0n) is 12.4. The fraction of sp³-hybridized carbons (Fsp3) is 0.857. The van der Waals surface area contributed by atoms with Crippen molar-refractivity contribution in [3.8, 4) is 0 Å². The molecule has 1 atom stereocenters. The summed E-state index contributed by atoms with van der Waals surface area (Å²) in [5.41, 5.74) is 5.43. The van der Waals surface area contributed by atoms with Crippen LogP contribution in [-0.2, 0) is 9.59 Å². The molecule has 1 aliphatic carbocycles. The monoisotopic (exact) mass is 303 g/mol. The van der Waals surface area contributed by atoms with Gasteiger partial charge in [-0.2, -0.15) is 0 Å². The van der Waals surface area contributed by atoms with Gasteiger partial charge < -0.3 is 16.0 Å². The molecule has 1 aliphatic heterocycles. The van der Waals surface area contributed by atoms with Crippen LogP contribution >= 0.6 is 12.4 Å². The van der Waals surface area contributed by atoms with E-state index in [2.05, 4.69) is 5.32 Å². The lowest BCUT2D eigenvalue weighted by molar-refractivity contribution is -0.130. The van der Waals surface area contributed by atoms with Crippen molar-refractivity contribution in [2.45, 2.75) is 57.5 Å². The van der Waals surface area contributed by atoms with Crippen LogP contribution in [-0.4, -0.2) is 41.4 Å². The van der Waals surface area contributed by atoms with Crippen molar-refractivity contribution in [3.63, 3.8) is 0 Å². The molecule has 0 spiro atoms. The average molecular weight is 304 g/mol. The second-order valence-electron chi connectivity index (χ2n) is 6.59. The lowest BCUT2D eigenvalue weighted by Gasteiger charge is -2.24. The largest absolute Gasteiger partial charge is 0.354 e. The standard InChI is InChI=1S/C14H25N3O2.ClH/c1-14(2,15)9-16-13(19)10-7-12(18)17(8-10)11-5-3-4-6-11;/h10-11H,3-9,15H2,1-2H3,(H,16,19);1H. The lowest BCUT2D eigenvalue weighted by atomic mass is 10.1. The van der Waals surface area contributed by atoms with Crippen molar-refractivity contribution in [2.24, 2.45) is 11.7 Å². The van der Waals surface area contributed by atoms with Gasteiger partial charge in [0.25, 0.3) is 0 Å². The first-order valence-corrected chi connectivity index (χ1v) is 7.23. The van der Waals surface area contributed by atoms with E-state index in [1.165, 1.54) is 12.8 Å². The van der Waals surface area contributed by atoms with Gasteiger partial charge in [-0.1, -0.05) is 12.8 Å². The Morgan fingerprint density at radius 1 is 1.40 bits per heavy atom. The van der Waals surface area contributed by atoms with Gasteiger partial charge in [0, 0.05) is 31.1 Å². The smallest absolute Gasteiger partial charge is 0.225 e. The van der Waals surface area contributed by atoms with E-state index in [1.807, 2.05) is 18.7 Å². The topological polar surface area (TPSA) is 75.4 Å². The first-order valence-electron chi connectivity index (χ1n) is 7.23. The quantitative estimate of drug-likeness (QED) is 0.815. The fourth-order valence-corrected chi connectivity index (χ4v) is 2.94. The van der Waals surface area contributed by atoms with Crippen molar-refractivity contribution >= 4 is 24.2 Å². The van der Waals surface area contributed by atoms with Crippen molar-refractivity contribution < 1.29 is 9.59 Å². The van der Waals surface area contributed by atoms with E-state index < -0.39 is 5.54 Å². The summed E-state index contributed by atoms with van der Waals surface area (Å²) in [4.78, 5) is 26.0. The second kappa shape index (κ2) is 6.76. The maximum atomic E-state index is 12.1. The molecule has 1 saturated heterocycles. The summed E-state index contributed by atoms with van der Waals surface area (Å²) in [6.45, 7) is 4.77. The molecule has 0 aromatic heterocycles. The number of hydrogen-bond donors (Lipinski definition) is 2. The Balaban J connectivity index is 0.00000200. The molecule has 2 aliphatic rings. The highest BCUT2D eigenvalue weighted by Crippen LogP contribution is 2.29. The zero-order valence-corrected chi connectivity index (χ0v) is 13.2. The first-order chi connectivity index (χ1) is 8.87. The van der Waals surface area contributed by atoms with Crippen LogP contribution in [0.2, 0.25) is 0 Å². The number of nitrogens with two attached hydrogens (primary N) is 1. The maximum Gasteiger partial charge on any atom is 0.225 e. The summed E-state index contributed by atoms with van der Waals surface area (Å²) in [5.74, 6) is -0.0955. The third kappa shape index (κ3) is 4.35. The number of hydrogen-bond acceptors (Lipinski definition) is 3. The van der Waals surface area contributed by atoms with E-state index in [1.54, 1.807) is 0 Å². The van der Waals surface area contributed by atoms with Gasteiger partial charge in [0.1, 0.15) is 0 Å². The minimum atomic E-state index is -0.413. The normalized spacial score (nSPS) is 23.9. The van der Waals surface area contributed by atoms with Crippen LogP contribution in [0.3, 0.4) is 0 Å². The minimum Gasteiger partial charge on any atom is -0.354 e. The number of carbonyl (C=O) groups is 2. The molecular formula is C14H26ClN3O2. The minimum absolute atomic E-state index is 0. The highest BCUT2D eigenvalue weighted by molar-refractivity contribution is 5.89. The van der Waals surface area contributed by atoms with E-state index >= 15 is 0 Å². The molecule has 0 bridgehead atoms. The van der Waals surface area contributed by atoms with Gasteiger partial charge in [-0.15, -0.1) is 12.4 Å². The van der Waals surface area contributed by atoms with E-state index in [-0.39, 0.29) is 30.1 Å². The Bertz CT molecular complexity index is 362. The maximum absolute atomic E-state index is 12.1. The van der Waals surface area contributed by atoms with Crippen molar-refractivity contribution in [1.29, 1.82) is 0 Å². The molecule has 1 saturated carbocycles. The summed E-state index contributed by atoms with van der Waals surface area (Å²) in [7, 11) is 0. The van der Waals surface area contributed by atoms with Crippen LogP contribution in [0, 0.1) is 5.92 Å². The summed E-state index contributed by atoms with van der Waals surface area (Å²) in [5, 5.41) is 2.85. The van der Waals surface area contributed by atoms with Crippen molar-refractivity contribution in [1.82, 2.24) is 10.2 Å². The van der Waals surface area contributed by atoms with Crippen LogP contribution in [0.25, 0.3) is 0 Å². The molecule has 2 rings (SSSR count). The number of amides is 2. The average Bonchev–Trinajstić information content (AvgIpc) is 2.93. The van der Waals surface area contributed by atoms with Crippen LogP contribution in [0.4, 0.5) is 0 Å². The Hall–Kier alpha value is -0.810. The number of carbonyl (C=O) groups excluding carboxylic acids is 2. The molecular weight excluding hydrogens is 278 g/mol. The number of halogens is 1. The first kappa shape index (κ1) is 17.2. The third-order valence-corrected chi connectivity index (χ3v) is 4.01. The van der Waals surface area contributed by atoms with Gasteiger partial charge >= 0.3 is 0 Å². The number of rotatable bonds is 4. The van der Waals surface area contributed by atoms with Gasteiger partial charge in [0.15, 0.2) is 0 Å². The molecule has 2 fully saturated rings. The van der Waals surface area contributed by atoms with Gasteiger partial charge in [-0.3, -0.25) is 9.59 Å². The number of nitrogens with zero attached hydrogens (tertiary/aromatic N) is 1. The molecule has 5 nitrogen and oxygen atoms in total. The van der Waals surface area contributed by atoms with Crippen molar-refractivity contribution in [3.05, 3.63) is 0 Å². The Morgan fingerprint density at radius 3 is 2.55 bits per heavy atom. The molecule has 6 heteroatoms. The molecule has 1 heterocycles. The summed E-state index contributed by atoms with van der Waals surface area (Å²) in [6, 6.07) is 0.372. The Kier molecular flexibility index (Phi) is 5.83. The van der Waals surface area contributed by atoms with Gasteiger partial charge in [0.2, 0.25) is 11.8 Å². The fourth-order valence-electron chi connectivity index (χ4n) is 2.94.